The van der Waals surface area contributed by atoms with Crippen LogP contribution < -0.4 is 14.3 Å². The highest BCUT2D eigenvalue weighted by atomic mass is 32.2. The molecule has 11 heteroatoms. The third-order valence-corrected chi connectivity index (χ3v) is 5.07. The summed E-state index contributed by atoms with van der Waals surface area (Å²) in [6.45, 7) is 0.990. The molecule has 1 aliphatic rings. The molecule has 2 heterocycles. The fourth-order valence-corrected chi connectivity index (χ4v) is 3.63. The van der Waals surface area contributed by atoms with Gasteiger partial charge in [0, 0.05) is 6.54 Å². The number of hydrogen-bond acceptors (Lipinski definition) is 6. The molecule has 0 atom stereocenters. The highest BCUT2D eigenvalue weighted by molar-refractivity contribution is 7.92. The van der Waals surface area contributed by atoms with E-state index in [1.165, 1.54) is 12.1 Å². The number of nitrogens with zero attached hydrogens (tertiary/aromatic N) is 2. The number of rotatable bonds is 4. The van der Waals surface area contributed by atoms with Crippen LogP contribution in [0.4, 0.5) is 20.3 Å². The van der Waals surface area contributed by atoms with E-state index in [1.54, 1.807) is 11.6 Å². The van der Waals surface area contributed by atoms with E-state index >= 15 is 0 Å². The van der Waals surface area contributed by atoms with Crippen LogP contribution >= 0.6 is 0 Å². The third-order valence-electron chi connectivity index (χ3n) is 3.69. The van der Waals surface area contributed by atoms with Crippen LogP contribution in [-0.2, 0) is 21.5 Å². The smallest absolute Gasteiger partial charge is 0.326 e. The average Bonchev–Trinajstić information content (AvgIpc) is 2.80. The van der Waals surface area contributed by atoms with Crippen LogP contribution in [0.2, 0.25) is 0 Å². The van der Waals surface area contributed by atoms with Crippen LogP contribution in [0.25, 0.3) is 0 Å². The number of benzene rings is 1. The lowest BCUT2D eigenvalue weighted by molar-refractivity contribution is -0.117. The van der Waals surface area contributed by atoms with Crippen LogP contribution in [0.3, 0.4) is 0 Å². The Hall–Kier alpha value is -2.95. The highest BCUT2D eigenvalue weighted by Crippen LogP contribution is 2.34. The maximum absolute atomic E-state index is 14.4. The standard InChI is InChI=1S/C15H14F2N4O4S/c1-8-2-13(19-6-11(8)17)18-5-9-3-10(16)15(12(22)4-9)21-7-14(23)20-26(21,24)25/h2-4,6,22H,5,7H2,1H3,(H,18,19)(H,20,23). The van der Waals surface area contributed by atoms with E-state index in [0.717, 1.165) is 12.3 Å². The first kappa shape index (κ1) is 17.9. The molecule has 26 heavy (non-hydrogen) atoms. The molecule has 0 spiro atoms. The van der Waals surface area contributed by atoms with Gasteiger partial charge in [0.15, 0.2) is 5.82 Å². The number of aromatic nitrogens is 1. The molecule has 1 fully saturated rings. The summed E-state index contributed by atoms with van der Waals surface area (Å²) in [5, 5.41) is 12.9. The van der Waals surface area contributed by atoms with Crippen molar-refractivity contribution in [3.8, 4) is 5.75 Å². The predicted octanol–water partition coefficient (Wildman–Crippen LogP) is 1.17. The summed E-state index contributed by atoms with van der Waals surface area (Å²) in [7, 11) is -4.24. The quantitative estimate of drug-likeness (QED) is 0.730. The van der Waals surface area contributed by atoms with Gasteiger partial charge >= 0.3 is 10.2 Å². The molecule has 3 rings (SSSR count). The van der Waals surface area contributed by atoms with Crippen LogP contribution in [-0.4, -0.2) is 31.0 Å². The van der Waals surface area contributed by atoms with Gasteiger partial charge in [-0.15, -0.1) is 0 Å². The summed E-state index contributed by atoms with van der Waals surface area (Å²) in [4.78, 5) is 15.1. The molecule has 1 amide bonds. The molecule has 138 valence electrons. The second-order valence-electron chi connectivity index (χ2n) is 5.65. The summed E-state index contributed by atoms with van der Waals surface area (Å²) < 4.78 is 53.3. The average molecular weight is 384 g/mol. The summed E-state index contributed by atoms with van der Waals surface area (Å²) in [6, 6.07) is 3.66. The number of hydrogen-bond donors (Lipinski definition) is 3. The fraction of sp³-hybridized carbons (Fsp3) is 0.200. The van der Waals surface area contributed by atoms with Gasteiger partial charge in [0.25, 0.3) is 5.91 Å². The number of halogens is 2. The van der Waals surface area contributed by atoms with E-state index in [1.807, 2.05) is 0 Å². The van der Waals surface area contributed by atoms with Crippen molar-refractivity contribution in [2.24, 2.45) is 0 Å². The Balaban J connectivity index is 1.83. The lowest BCUT2D eigenvalue weighted by Gasteiger charge is -2.18. The number of pyridine rings is 1. The van der Waals surface area contributed by atoms with Crippen LogP contribution in [0.1, 0.15) is 11.1 Å². The number of anilines is 2. The fourth-order valence-electron chi connectivity index (χ4n) is 2.46. The summed E-state index contributed by atoms with van der Waals surface area (Å²) in [5.74, 6) is -2.58. The number of carbonyl (C=O) groups is 1. The monoisotopic (exact) mass is 384 g/mol. The van der Waals surface area contributed by atoms with Crippen molar-refractivity contribution in [2.75, 3.05) is 16.2 Å². The zero-order valence-electron chi connectivity index (χ0n) is 13.5. The molecular formula is C15H14F2N4O4S. The Labute approximate surface area is 147 Å². The minimum absolute atomic E-state index is 0.0484. The van der Waals surface area contributed by atoms with E-state index < -0.39 is 45.7 Å². The number of aryl methyl sites for hydroxylation is 1. The minimum atomic E-state index is -4.24. The number of aromatic hydroxyl groups is 1. The second kappa shape index (κ2) is 6.41. The van der Waals surface area contributed by atoms with Gasteiger partial charge in [0.05, 0.1) is 6.20 Å². The van der Waals surface area contributed by atoms with Gasteiger partial charge in [-0.05, 0) is 36.2 Å². The van der Waals surface area contributed by atoms with Crippen molar-refractivity contribution in [2.45, 2.75) is 13.5 Å². The van der Waals surface area contributed by atoms with E-state index in [-0.39, 0.29) is 6.54 Å². The van der Waals surface area contributed by atoms with Gasteiger partial charge in [-0.25, -0.2) is 22.8 Å². The zero-order valence-corrected chi connectivity index (χ0v) is 14.3. The van der Waals surface area contributed by atoms with E-state index in [9.17, 15) is 27.1 Å². The Bertz CT molecular complexity index is 974. The van der Waals surface area contributed by atoms with Gasteiger partial charge < -0.3 is 10.4 Å². The third kappa shape index (κ3) is 3.38. The van der Waals surface area contributed by atoms with Crippen molar-refractivity contribution < 1.29 is 27.1 Å². The molecule has 3 N–H and O–H groups in total. The summed E-state index contributed by atoms with van der Waals surface area (Å²) >= 11 is 0. The maximum atomic E-state index is 14.4. The van der Waals surface area contributed by atoms with Gasteiger partial charge in [0.2, 0.25) is 0 Å². The Morgan fingerprint density at radius 3 is 2.62 bits per heavy atom. The van der Waals surface area contributed by atoms with Crippen molar-refractivity contribution in [1.29, 1.82) is 0 Å². The number of nitrogens with one attached hydrogen (secondary N) is 2. The molecule has 0 saturated carbocycles. The molecule has 1 aromatic heterocycles. The van der Waals surface area contributed by atoms with Crippen LogP contribution in [0.5, 0.6) is 5.75 Å². The summed E-state index contributed by atoms with van der Waals surface area (Å²) in [6.07, 6.45) is 1.04. The Kier molecular flexibility index (Phi) is 4.40. The molecule has 8 nitrogen and oxygen atoms in total. The number of phenols is 1. The molecular weight excluding hydrogens is 370 g/mol. The lowest BCUT2D eigenvalue weighted by atomic mass is 10.1. The molecule has 0 radical (unpaired) electrons. The first-order valence-corrected chi connectivity index (χ1v) is 8.82. The summed E-state index contributed by atoms with van der Waals surface area (Å²) in [5.41, 5.74) is 0.0644. The van der Waals surface area contributed by atoms with E-state index in [0.29, 0.717) is 21.2 Å². The van der Waals surface area contributed by atoms with Crippen molar-refractivity contribution >= 4 is 27.6 Å². The zero-order chi connectivity index (χ0) is 19.1. The molecule has 1 aromatic carbocycles. The minimum Gasteiger partial charge on any atom is -0.506 e. The van der Waals surface area contributed by atoms with E-state index in [2.05, 4.69) is 10.3 Å². The largest absolute Gasteiger partial charge is 0.506 e. The first-order valence-electron chi connectivity index (χ1n) is 7.38. The highest BCUT2D eigenvalue weighted by Gasteiger charge is 2.37. The van der Waals surface area contributed by atoms with Gasteiger partial charge in [-0.3, -0.25) is 4.79 Å². The second-order valence-corrected chi connectivity index (χ2v) is 7.25. The molecule has 1 saturated heterocycles. The van der Waals surface area contributed by atoms with Gasteiger partial charge in [0.1, 0.15) is 29.6 Å². The normalized spacial score (nSPS) is 15.8. The molecule has 0 aliphatic carbocycles. The Morgan fingerprint density at radius 2 is 2.04 bits per heavy atom. The Morgan fingerprint density at radius 1 is 1.31 bits per heavy atom. The number of carbonyl (C=O) groups excluding carboxylic acids is 1. The van der Waals surface area contributed by atoms with Crippen LogP contribution in [0.15, 0.2) is 24.4 Å². The molecule has 2 aromatic rings. The number of phenolic OH excluding ortho intramolecular Hbond substituents is 1. The van der Waals surface area contributed by atoms with Crippen molar-refractivity contribution in [3.63, 3.8) is 0 Å². The van der Waals surface area contributed by atoms with E-state index in [4.69, 9.17) is 0 Å². The molecule has 0 unspecified atom stereocenters. The topological polar surface area (TPSA) is 112 Å². The van der Waals surface area contributed by atoms with Crippen molar-refractivity contribution in [3.05, 3.63) is 47.2 Å². The lowest BCUT2D eigenvalue weighted by Crippen LogP contribution is -2.30. The first-order chi connectivity index (χ1) is 12.2. The SMILES string of the molecule is Cc1cc(NCc2cc(O)c(N3CC(=O)NS3(=O)=O)c(F)c2)ncc1F. The van der Waals surface area contributed by atoms with Gasteiger partial charge in [-0.2, -0.15) is 8.42 Å². The molecule has 1 aliphatic heterocycles. The van der Waals surface area contributed by atoms with Gasteiger partial charge in [-0.1, -0.05) is 0 Å². The predicted molar refractivity (Wildman–Crippen MR) is 88.7 cm³/mol. The number of amides is 1. The van der Waals surface area contributed by atoms with Crippen molar-refractivity contribution in [1.82, 2.24) is 9.71 Å². The van der Waals surface area contributed by atoms with Crippen LogP contribution in [0, 0.1) is 18.6 Å². The maximum Gasteiger partial charge on any atom is 0.326 e. The molecule has 0 bridgehead atoms.